The van der Waals surface area contributed by atoms with Crippen molar-refractivity contribution in [1.82, 2.24) is 4.98 Å². The molecule has 1 unspecified atom stereocenters. The summed E-state index contributed by atoms with van der Waals surface area (Å²) in [6, 6.07) is 25.4. The molecule has 152 valence electrons. The predicted octanol–water partition coefficient (Wildman–Crippen LogP) is 5.66. The van der Waals surface area contributed by atoms with Gasteiger partial charge in [-0.05, 0) is 43.2 Å². The van der Waals surface area contributed by atoms with Crippen LogP contribution in [0.1, 0.15) is 24.1 Å². The fourth-order valence-electron chi connectivity index (χ4n) is 3.24. The zero-order chi connectivity index (χ0) is 21.1. The number of nitrogens with one attached hydrogen (secondary N) is 1. The average Bonchev–Trinajstić information content (AvgIpc) is 3.19. The topological polar surface area (TPSA) is 72.2 Å². The summed E-state index contributed by atoms with van der Waals surface area (Å²) in [5, 5.41) is 3.09. The Labute approximate surface area is 176 Å². The second kappa shape index (κ2) is 8.16. The van der Waals surface area contributed by atoms with Crippen LogP contribution < -0.4 is 5.32 Å². The Kier molecular flexibility index (Phi) is 5.42. The molecule has 0 amide bonds. The molecule has 5 nitrogen and oxygen atoms in total. The first-order valence-electron chi connectivity index (χ1n) is 9.65. The number of rotatable bonds is 6. The van der Waals surface area contributed by atoms with E-state index in [0.29, 0.717) is 0 Å². The lowest BCUT2D eigenvalue weighted by Crippen LogP contribution is -2.10. The molecule has 6 heteroatoms. The van der Waals surface area contributed by atoms with Gasteiger partial charge in [0.1, 0.15) is 0 Å². The van der Waals surface area contributed by atoms with Gasteiger partial charge in [-0.2, -0.15) is 4.98 Å². The molecule has 0 saturated heterocycles. The number of oxazole rings is 1. The Balaban J connectivity index is 1.82. The fourth-order valence-corrected chi connectivity index (χ4v) is 4.53. The maximum atomic E-state index is 13.3. The summed E-state index contributed by atoms with van der Waals surface area (Å²) in [5.74, 6) is 0.402. The first-order chi connectivity index (χ1) is 14.5. The summed E-state index contributed by atoms with van der Waals surface area (Å²) in [5.41, 5.74) is 2.71. The van der Waals surface area contributed by atoms with E-state index >= 15 is 0 Å². The second-order valence-corrected chi connectivity index (χ2v) is 8.93. The summed E-state index contributed by atoms with van der Waals surface area (Å²) in [4.78, 5) is 4.59. The zero-order valence-corrected chi connectivity index (χ0v) is 17.6. The van der Waals surface area contributed by atoms with E-state index in [0.717, 1.165) is 16.7 Å². The van der Waals surface area contributed by atoms with Crippen LogP contribution in [-0.4, -0.2) is 13.4 Å². The molecule has 0 fully saturated rings. The number of hydrogen-bond acceptors (Lipinski definition) is 5. The number of benzene rings is 3. The molecule has 3 aromatic carbocycles. The van der Waals surface area contributed by atoms with E-state index in [1.807, 2.05) is 68.4 Å². The number of aromatic nitrogens is 1. The largest absolute Gasteiger partial charge is 0.419 e. The van der Waals surface area contributed by atoms with Gasteiger partial charge < -0.3 is 9.73 Å². The molecule has 0 aliphatic heterocycles. The van der Waals surface area contributed by atoms with Crippen molar-refractivity contribution in [1.29, 1.82) is 0 Å². The Hall–Kier alpha value is -3.38. The zero-order valence-electron chi connectivity index (χ0n) is 16.7. The molecule has 1 heterocycles. The normalized spacial score (nSPS) is 12.5. The first kappa shape index (κ1) is 19.9. The van der Waals surface area contributed by atoms with E-state index in [9.17, 15) is 8.42 Å². The summed E-state index contributed by atoms with van der Waals surface area (Å²) in [7, 11) is -3.86. The summed E-state index contributed by atoms with van der Waals surface area (Å²) >= 11 is 0. The van der Waals surface area contributed by atoms with Gasteiger partial charge in [-0.15, -0.1) is 0 Å². The molecular formula is C24H22N2O3S. The summed E-state index contributed by atoms with van der Waals surface area (Å²) in [6.45, 7) is 3.88. The highest BCUT2D eigenvalue weighted by Crippen LogP contribution is 2.35. The fraction of sp³-hybridized carbons (Fsp3) is 0.125. The summed E-state index contributed by atoms with van der Waals surface area (Å²) in [6.07, 6.45) is 0. The lowest BCUT2D eigenvalue weighted by molar-refractivity contribution is 0.570. The molecule has 0 aliphatic carbocycles. The van der Waals surface area contributed by atoms with Gasteiger partial charge in [-0.3, -0.25) is 0 Å². The monoisotopic (exact) mass is 418 g/mol. The average molecular weight is 419 g/mol. The molecule has 1 atom stereocenters. The van der Waals surface area contributed by atoms with Gasteiger partial charge in [0, 0.05) is 5.56 Å². The van der Waals surface area contributed by atoms with Crippen molar-refractivity contribution in [2.24, 2.45) is 0 Å². The van der Waals surface area contributed by atoms with E-state index in [4.69, 9.17) is 4.42 Å². The standard InChI is InChI=1S/C24H22N2O3S/c1-17-11-9-10-16-21(17)22-26-24(30(27,28)20-14-7-4-8-15-20)23(29-22)25-18(2)19-12-5-3-6-13-19/h3-16,18,25H,1-2H3. The van der Waals surface area contributed by atoms with E-state index in [2.05, 4.69) is 10.3 Å². The molecule has 0 saturated carbocycles. The molecule has 0 spiro atoms. The molecule has 1 N–H and O–H groups in total. The highest BCUT2D eigenvalue weighted by molar-refractivity contribution is 7.91. The van der Waals surface area contributed by atoms with Crippen LogP contribution in [0.25, 0.3) is 11.5 Å². The molecule has 4 rings (SSSR count). The van der Waals surface area contributed by atoms with Gasteiger partial charge in [0.05, 0.1) is 10.9 Å². The van der Waals surface area contributed by atoms with Crippen molar-refractivity contribution in [3.05, 3.63) is 96.1 Å². The van der Waals surface area contributed by atoms with E-state index < -0.39 is 9.84 Å². The van der Waals surface area contributed by atoms with Crippen LogP contribution in [0.4, 0.5) is 5.88 Å². The number of nitrogens with zero attached hydrogens (tertiary/aromatic N) is 1. The van der Waals surface area contributed by atoms with Crippen molar-refractivity contribution in [3.63, 3.8) is 0 Å². The highest BCUT2D eigenvalue weighted by atomic mass is 32.2. The van der Waals surface area contributed by atoms with Crippen LogP contribution in [0.5, 0.6) is 0 Å². The van der Waals surface area contributed by atoms with Crippen LogP contribution in [0.3, 0.4) is 0 Å². The minimum atomic E-state index is -3.86. The molecule has 0 bridgehead atoms. The minimum Gasteiger partial charge on any atom is -0.419 e. The molecule has 30 heavy (non-hydrogen) atoms. The van der Waals surface area contributed by atoms with Gasteiger partial charge in [0.2, 0.25) is 26.6 Å². The van der Waals surface area contributed by atoms with Crippen molar-refractivity contribution >= 4 is 15.7 Å². The van der Waals surface area contributed by atoms with Gasteiger partial charge in [0.25, 0.3) is 0 Å². The van der Waals surface area contributed by atoms with Gasteiger partial charge in [-0.1, -0.05) is 66.7 Å². The lowest BCUT2D eigenvalue weighted by Gasteiger charge is -2.14. The maximum absolute atomic E-state index is 13.3. The number of hydrogen-bond donors (Lipinski definition) is 1. The van der Waals surface area contributed by atoms with Crippen LogP contribution in [0.15, 0.2) is 99.3 Å². The highest BCUT2D eigenvalue weighted by Gasteiger charge is 2.29. The second-order valence-electron chi connectivity index (χ2n) is 7.06. The van der Waals surface area contributed by atoms with Crippen molar-refractivity contribution in [3.8, 4) is 11.5 Å². The molecule has 0 aliphatic rings. The maximum Gasteiger partial charge on any atom is 0.234 e. The third-order valence-electron chi connectivity index (χ3n) is 4.93. The predicted molar refractivity (Wildman–Crippen MR) is 117 cm³/mol. The van der Waals surface area contributed by atoms with Crippen LogP contribution in [-0.2, 0) is 9.84 Å². The lowest BCUT2D eigenvalue weighted by atomic mass is 10.1. The molecular weight excluding hydrogens is 396 g/mol. The Morgan fingerprint density at radius 1 is 0.867 bits per heavy atom. The van der Waals surface area contributed by atoms with Crippen molar-refractivity contribution in [2.45, 2.75) is 29.8 Å². The Morgan fingerprint density at radius 2 is 1.47 bits per heavy atom. The van der Waals surface area contributed by atoms with Gasteiger partial charge in [-0.25, -0.2) is 8.42 Å². The van der Waals surface area contributed by atoms with Crippen LogP contribution >= 0.6 is 0 Å². The minimum absolute atomic E-state index is 0.116. The summed E-state index contributed by atoms with van der Waals surface area (Å²) < 4.78 is 32.7. The first-order valence-corrected chi connectivity index (χ1v) is 11.1. The van der Waals surface area contributed by atoms with Crippen molar-refractivity contribution < 1.29 is 12.8 Å². The van der Waals surface area contributed by atoms with E-state index in [1.165, 1.54) is 0 Å². The SMILES string of the molecule is Cc1ccccc1-c1nc(S(=O)(=O)c2ccccc2)c(NC(C)c2ccccc2)o1. The van der Waals surface area contributed by atoms with Crippen LogP contribution in [0, 0.1) is 6.92 Å². The van der Waals surface area contributed by atoms with Crippen LogP contribution in [0.2, 0.25) is 0 Å². The number of aryl methyl sites for hydroxylation is 1. The Morgan fingerprint density at radius 3 is 2.13 bits per heavy atom. The smallest absolute Gasteiger partial charge is 0.234 e. The molecule has 0 radical (unpaired) electrons. The third kappa shape index (κ3) is 3.86. The quantitative estimate of drug-likeness (QED) is 0.438. The van der Waals surface area contributed by atoms with Gasteiger partial charge >= 0.3 is 0 Å². The molecule has 4 aromatic rings. The van der Waals surface area contributed by atoms with E-state index in [-0.39, 0.29) is 27.7 Å². The third-order valence-corrected chi connectivity index (χ3v) is 6.61. The Bertz CT molecular complexity index is 1250. The van der Waals surface area contributed by atoms with Crippen molar-refractivity contribution in [2.75, 3.05) is 5.32 Å². The number of anilines is 1. The van der Waals surface area contributed by atoms with E-state index in [1.54, 1.807) is 30.3 Å². The number of sulfone groups is 1. The van der Waals surface area contributed by atoms with Gasteiger partial charge in [0.15, 0.2) is 0 Å². The molecule has 1 aromatic heterocycles.